The molecule has 0 heterocycles. The van der Waals surface area contributed by atoms with E-state index in [4.69, 9.17) is 0 Å². The van der Waals surface area contributed by atoms with Gasteiger partial charge in [-0.2, -0.15) is 0 Å². The normalized spacial score (nSPS) is 12.2. The van der Waals surface area contributed by atoms with Crippen LogP contribution < -0.4 is 0 Å². The topological polar surface area (TPSA) is 0 Å². The Labute approximate surface area is 233 Å². The fourth-order valence-electron chi connectivity index (χ4n) is 7.16. The number of hydrogen-bond donors (Lipinski definition) is 0. The zero-order valence-electron chi connectivity index (χ0n) is 21.0. The molecular weight excluding hydrogens is 536 g/mol. The first-order valence-electron chi connectivity index (χ1n) is 13.4. The van der Waals surface area contributed by atoms with Gasteiger partial charge < -0.3 is 0 Å². The SMILES string of the molecule is Brc1ccc2c3c(-c4ccccc4)c4c5cccc6cccc(c4c(-c4ccccc4)c3c3cccc1c32)c65. The van der Waals surface area contributed by atoms with Gasteiger partial charge in [0.2, 0.25) is 0 Å². The largest absolute Gasteiger partial charge is 0.0622 e. The van der Waals surface area contributed by atoms with Crippen LogP contribution >= 0.6 is 15.9 Å². The van der Waals surface area contributed by atoms with E-state index in [-0.39, 0.29) is 0 Å². The van der Waals surface area contributed by atoms with Crippen LogP contribution in [0.2, 0.25) is 0 Å². The smallest absolute Gasteiger partial charge is 0.0254 e. The molecule has 180 valence electrons. The fraction of sp³-hybridized carbons (Fsp3) is 0. The van der Waals surface area contributed by atoms with Gasteiger partial charge in [-0.25, -0.2) is 0 Å². The molecule has 0 radical (unpaired) electrons. The Morgan fingerprint density at radius 3 is 1.28 bits per heavy atom. The van der Waals surface area contributed by atoms with E-state index in [1.54, 1.807) is 0 Å². The molecule has 0 amide bonds. The molecule has 0 saturated heterocycles. The number of rotatable bonds is 2. The maximum Gasteiger partial charge on any atom is 0.0254 e. The van der Waals surface area contributed by atoms with E-state index in [1.807, 2.05) is 0 Å². The van der Waals surface area contributed by atoms with Gasteiger partial charge in [-0.05, 0) is 93.0 Å². The summed E-state index contributed by atoms with van der Waals surface area (Å²) in [4.78, 5) is 0. The third-order valence-electron chi connectivity index (χ3n) is 8.59. The van der Waals surface area contributed by atoms with Gasteiger partial charge in [0.25, 0.3) is 0 Å². The summed E-state index contributed by atoms with van der Waals surface area (Å²) in [7, 11) is 0. The van der Waals surface area contributed by atoms with Crippen molar-refractivity contribution in [2.75, 3.05) is 0 Å². The van der Waals surface area contributed by atoms with Crippen LogP contribution in [-0.2, 0) is 0 Å². The quantitative estimate of drug-likeness (QED) is 0.198. The minimum absolute atomic E-state index is 1.14. The predicted molar refractivity (Wildman–Crippen MR) is 172 cm³/mol. The first-order chi connectivity index (χ1) is 19.3. The molecule has 1 heteroatoms. The van der Waals surface area contributed by atoms with Crippen LogP contribution in [0.5, 0.6) is 0 Å². The van der Waals surface area contributed by atoms with E-state index in [1.165, 1.54) is 86.9 Å². The molecule has 39 heavy (non-hydrogen) atoms. The van der Waals surface area contributed by atoms with Crippen LogP contribution in [-0.4, -0.2) is 0 Å². The molecule has 9 rings (SSSR count). The first-order valence-corrected chi connectivity index (χ1v) is 14.2. The molecule has 0 atom stereocenters. The maximum absolute atomic E-state index is 3.86. The molecule has 0 N–H and O–H groups in total. The van der Waals surface area contributed by atoms with Crippen molar-refractivity contribution in [3.8, 4) is 22.3 Å². The van der Waals surface area contributed by atoms with Crippen molar-refractivity contribution in [3.05, 3.63) is 132 Å². The average molecular weight is 557 g/mol. The van der Waals surface area contributed by atoms with Gasteiger partial charge in [0, 0.05) is 4.47 Å². The Hall–Kier alpha value is -4.46. The lowest BCUT2D eigenvalue weighted by Crippen LogP contribution is -1.87. The molecule has 0 fully saturated rings. The van der Waals surface area contributed by atoms with Crippen LogP contribution in [0.15, 0.2) is 132 Å². The number of fused-ring (bicyclic) bond motifs is 6. The first kappa shape index (κ1) is 21.5. The molecule has 0 aliphatic rings. The molecule has 0 aromatic heterocycles. The average Bonchev–Trinajstić information content (AvgIpc) is 3.50. The van der Waals surface area contributed by atoms with Gasteiger partial charge in [-0.1, -0.05) is 137 Å². The predicted octanol–water partition coefficient (Wildman–Crippen LogP) is 11.6. The van der Waals surface area contributed by atoms with Gasteiger partial charge in [0.15, 0.2) is 0 Å². The Morgan fingerprint density at radius 2 is 0.744 bits per heavy atom. The minimum atomic E-state index is 1.14. The monoisotopic (exact) mass is 556 g/mol. The highest BCUT2D eigenvalue weighted by molar-refractivity contribution is 9.10. The molecule has 0 saturated carbocycles. The highest BCUT2D eigenvalue weighted by atomic mass is 79.9. The number of benzene rings is 7. The Kier molecular flexibility index (Phi) is 4.29. The molecule has 0 unspecified atom stereocenters. The second kappa shape index (κ2) is 7.79. The van der Waals surface area contributed by atoms with Crippen molar-refractivity contribution in [1.82, 2.24) is 0 Å². The van der Waals surface area contributed by atoms with E-state index in [2.05, 4.69) is 143 Å². The lowest BCUT2D eigenvalue weighted by atomic mass is 9.87. The summed E-state index contributed by atoms with van der Waals surface area (Å²) in [6.45, 7) is 0. The van der Waals surface area contributed by atoms with E-state index in [9.17, 15) is 0 Å². The van der Waals surface area contributed by atoms with Crippen molar-refractivity contribution >= 4 is 80.6 Å². The van der Waals surface area contributed by atoms with E-state index < -0.39 is 0 Å². The zero-order chi connectivity index (χ0) is 25.7. The summed E-state index contributed by atoms with van der Waals surface area (Å²) in [5.41, 5.74) is 5.20. The van der Waals surface area contributed by atoms with E-state index in [0.717, 1.165) is 4.47 Å². The van der Waals surface area contributed by atoms with E-state index >= 15 is 0 Å². The fourth-order valence-corrected chi connectivity index (χ4v) is 7.62. The Balaban J connectivity index is 1.72. The molecule has 0 aliphatic heterocycles. The summed E-state index contributed by atoms with van der Waals surface area (Å²) in [6, 6.07) is 46.9. The summed E-state index contributed by atoms with van der Waals surface area (Å²) in [5, 5.41) is 16.0. The zero-order valence-corrected chi connectivity index (χ0v) is 22.6. The van der Waals surface area contributed by atoms with E-state index in [0.29, 0.717) is 0 Å². The van der Waals surface area contributed by atoms with Crippen molar-refractivity contribution in [2.24, 2.45) is 0 Å². The summed E-state index contributed by atoms with van der Waals surface area (Å²) in [6.07, 6.45) is 0. The minimum Gasteiger partial charge on any atom is -0.0622 e. The van der Waals surface area contributed by atoms with Crippen LogP contribution in [0.1, 0.15) is 0 Å². The molecule has 0 bridgehead atoms. The second-order valence-corrected chi connectivity index (χ2v) is 11.4. The Bertz CT molecular complexity index is 2240. The number of halogens is 1. The van der Waals surface area contributed by atoms with Crippen LogP contribution in [0.3, 0.4) is 0 Å². The third kappa shape index (κ3) is 2.73. The van der Waals surface area contributed by atoms with Gasteiger partial charge in [0.1, 0.15) is 0 Å². The van der Waals surface area contributed by atoms with Gasteiger partial charge in [0.05, 0.1) is 0 Å². The highest BCUT2D eigenvalue weighted by Gasteiger charge is 2.27. The highest BCUT2D eigenvalue weighted by Crippen LogP contribution is 2.55. The standard InChI is InChI=1S/C38H21Br/c39-30-21-20-29-34-25(30)16-9-19-28(34)37-32(23-10-3-1-4-11-23)35-26-17-7-14-22-15-8-18-27(31(22)26)36(35)33(38(29)37)24-12-5-2-6-13-24/h1-21H. The molecule has 0 spiro atoms. The van der Waals surface area contributed by atoms with Crippen molar-refractivity contribution in [2.45, 2.75) is 0 Å². The molecule has 9 aromatic carbocycles. The van der Waals surface area contributed by atoms with Gasteiger partial charge in [-0.15, -0.1) is 0 Å². The lowest BCUT2D eigenvalue weighted by molar-refractivity contribution is 1.68. The van der Waals surface area contributed by atoms with Crippen molar-refractivity contribution < 1.29 is 0 Å². The van der Waals surface area contributed by atoms with Crippen LogP contribution in [0, 0.1) is 0 Å². The summed E-state index contributed by atoms with van der Waals surface area (Å²) >= 11 is 3.86. The third-order valence-corrected chi connectivity index (χ3v) is 9.29. The Morgan fingerprint density at radius 1 is 0.308 bits per heavy atom. The van der Waals surface area contributed by atoms with Crippen LogP contribution in [0.25, 0.3) is 86.9 Å². The second-order valence-electron chi connectivity index (χ2n) is 10.5. The molecule has 0 aliphatic carbocycles. The van der Waals surface area contributed by atoms with Crippen LogP contribution in [0.4, 0.5) is 0 Å². The molecule has 0 nitrogen and oxygen atoms in total. The molecular formula is C38H21Br. The van der Waals surface area contributed by atoms with Crippen molar-refractivity contribution in [1.29, 1.82) is 0 Å². The number of hydrogen-bond acceptors (Lipinski definition) is 0. The van der Waals surface area contributed by atoms with Crippen molar-refractivity contribution in [3.63, 3.8) is 0 Å². The van der Waals surface area contributed by atoms with Gasteiger partial charge in [-0.3, -0.25) is 0 Å². The molecule has 9 aromatic rings. The summed E-state index contributed by atoms with van der Waals surface area (Å²) < 4.78 is 1.14. The summed E-state index contributed by atoms with van der Waals surface area (Å²) in [5.74, 6) is 0. The lowest BCUT2D eigenvalue weighted by Gasteiger charge is -2.15. The van der Waals surface area contributed by atoms with Gasteiger partial charge >= 0.3 is 0 Å². The maximum atomic E-state index is 3.86.